The van der Waals surface area contributed by atoms with Gasteiger partial charge in [-0.3, -0.25) is 4.79 Å². The number of nitrogens with zero attached hydrogens (tertiary/aromatic N) is 1. The molecule has 0 spiro atoms. The van der Waals surface area contributed by atoms with Gasteiger partial charge in [0.25, 0.3) is 0 Å². The molecule has 0 radical (unpaired) electrons. The molecule has 4 heteroatoms. The number of rotatable bonds is 1. The van der Waals surface area contributed by atoms with Crippen molar-refractivity contribution in [3.05, 3.63) is 35.8 Å². The first-order chi connectivity index (χ1) is 7.20. The zero-order chi connectivity index (χ0) is 10.8. The minimum Gasteiger partial charge on any atom is -0.456 e. The molecule has 1 aromatic carbocycles. The van der Waals surface area contributed by atoms with Gasteiger partial charge in [0.1, 0.15) is 12.3 Å². The predicted octanol–water partition coefficient (Wildman–Crippen LogP) is 2.03. The summed E-state index contributed by atoms with van der Waals surface area (Å²) < 4.78 is 10.3. The number of Topliss-reactive ketones (excluding diaryl/α,β-unsaturated/α-hetero) is 1. The second-order valence-corrected chi connectivity index (χ2v) is 3.03. The zero-order valence-electron chi connectivity index (χ0n) is 7.98. The Morgan fingerprint density at radius 3 is 2.87 bits per heavy atom. The van der Waals surface area contributed by atoms with Crippen molar-refractivity contribution >= 4 is 5.78 Å². The summed E-state index contributed by atoms with van der Waals surface area (Å²) in [5.74, 6) is 0.940. The molecule has 0 amide bonds. The molecule has 0 saturated carbocycles. The highest BCUT2D eigenvalue weighted by Gasteiger charge is 2.15. The van der Waals surface area contributed by atoms with Crippen LogP contribution in [0.3, 0.4) is 0 Å². The van der Waals surface area contributed by atoms with E-state index in [1.54, 1.807) is 18.2 Å². The third-order valence-corrected chi connectivity index (χ3v) is 1.97. The minimum absolute atomic E-state index is 0.0449. The summed E-state index contributed by atoms with van der Waals surface area (Å²) in [5.41, 5.74) is 0.547. The van der Waals surface area contributed by atoms with Gasteiger partial charge in [0.15, 0.2) is 17.3 Å². The Balaban J connectivity index is 2.38. The molecule has 4 nitrogen and oxygen atoms in total. The summed E-state index contributed by atoms with van der Waals surface area (Å²) >= 11 is 0. The van der Waals surface area contributed by atoms with Gasteiger partial charge in [-0.05, 0) is 25.1 Å². The number of fused-ring (bicyclic) bond motifs is 1. The van der Waals surface area contributed by atoms with Crippen LogP contribution in [0.5, 0.6) is 11.5 Å². The fourth-order valence-corrected chi connectivity index (χ4v) is 1.21. The van der Waals surface area contributed by atoms with Crippen LogP contribution in [0.2, 0.25) is 0 Å². The molecule has 0 atom stereocenters. The highest BCUT2D eigenvalue weighted by Crippen LogP contribution is 2.33. The molecule has 1 aliphatic heterocycles. The van der Waals surface area contributed by atoms with Gasteiger partial charge >= 0.3 is 0 Å². The molecule has 0 aliphatic carbocycles. The maximum atomic E-state index is 11.1. The van der Waals surface area contributed by atoms with Crippen molar-refractivity contribution in [3.8, 4) is 17.6 Å². The van der Waals surface area contributed by atoms with Crippen molar-refractivity contribution in [3.63, 3.8) is 0 Å². The summed E-state index contributed by atoms with van der Waals surface area (Å²) in [5, 5.41) is 8.58. The van der Waals surface area contributed by atoms with E-state index in [0.29, 0.717) is 17.1 Å². The molecule has 1 heterocycles. The van der Waals surface area contributed by atoms with Gasteiger partial charge in [-0.1, -0.05) is 0 Å². The Morgan fingerprint density at radius 1 is 1.40 bits per heavy atom. The summed E-state index contributed by atoms with van der Waals surface area (Å²) in [6.07, 6.45) is 1.21. The van der Waals surface area contributed by atoms with Crippen LogP contribution in [0.1, 0.15) is 17.3 Å². The average Bonchev–Trinajstić information content (AvgIpc) is 2.27. The maximum Gasteiger partial charge on any atom is 0.239 e. The quantitative estimate of drug-likeness (QED) is 0.652. The van der Waals surface area contributed by atoms with E-state index < -0.39 is 0 Å². The second kappa shape index (κ2) is 3.46. The van der Waals surface area contributed by atoms with Crippen LogP contribution in [0, 0.1) is 11.3 Å². The van der Waals surface area contributed by atoms with E-state index in [9.17, 15) is 4.79 Å². The van der Waals surface area contributed by atoms with E-state index in [1.165, 1.54) is 13.2 Å². The van der Waals surface area contributed by atoms with Gasteiger partial charge < -0.3 is 9.47 Å². The highest BCUT2D eigenvalue weighted by molar-refractivity contribution is 5.94. The number of hydrogen-bond acceptors (Lipinski definition) is 4. The number of ketones is 1. The van der Waals surface area contributed by atoms with Gasteiger partial charge in [-0.15, -0.1) is 0 Å². The van der Waals surface area contributed by atoms with Crippen molar-refractivity contribution in [2.45, 2.75) is 6.92 Å². The van der Waals surface area contributed by atoms with Crippen molar-refractivity contribution in [2.24, 2.45) is 0 Å². The minimum atomic E-state index is -0.0449. The number of hydrogen-bond donors (Lipinski definition) is 0. The molecule has 0 fully saturated rings. The van der Waals surface area contributed by atoms with Gasteiger partial charge in [-0.2, -0.15) is 5.26 Å². The smallest absolute Gasteiger partial charge is 0.239 e. The number of benzene rings is 1. The van der Waals surface area contributed by atoms with Crippen LogP contribution in [0.4, 0.5) is 0 Å². The van der Waals surface area contributed by atoms with Crippen molar-refractivity contribution in [2.75, 3.05) is 0 Å². The Bertz CT molecular complexity index is 497. The molecule has 15 heavy (non-hydrogen) atoms. The van der Waals surface area contributed by atoms with E-state index in [0.717, 1.165) is 0 Å². The molecule has 0 aromatic heterocycles. The zero-order valence-corrected chi connectivity index (χ0v) is 7.98. The summed E-state index contributed by atoms with van der Waals surface area (Å²) in [6, 6.07) is 6.65. The van der Waals surface area contributed by atoms with Crippen molar-refractivity contribution in [1.29, 1.82) is 5.26 Å². The van der Waals surface area contributed by atoms with Gasteiger partial charge in [0, 0.05) is 5.56 Å². The molecule has 2 rings (SSSR count). The van der Waals surface area contributed by atoms with E-state index in [4.69, 9.17) is 14.7 Å². The van der Waals surface area contributed by atoms with Gasteiger partial charge in [-0.25, -0.2) is 0 Å². The highest BCUT2D eigenvalue weighted by atomic mass is 16.6. The predicted molar refractivity (Wildman–Crippen MR) is 51.4 cm³/mol. The largest absolute Gasteiger partial charge is 0.456 e. The van der Waals surface area contributed by atoms with Crippen LogP contribution in [-0.2, 0) is 0 Å². The topological polar surface area (TPSA) is 59.3 Å². The SMILES string of the molecule is CC(=O)c1ccc2c(c1)OC=C(C#N)O2. The van der Waals surface area contributed by atoms with E-state index >= 15 is 0 Å². The van der Waals surface area contributed by atoms with Crippen LogP contribution in [0.15, 0.2) is 30.2 Å². The number of carbonyl (C=O) groups is 1. The molecular formula is C11H7NO3. The second-order valence-electron chi connectivity index (χ2n) is 3.03. The maximum absolute atomic E-state index is 11.1. The van der Waals surface area contributed by atoms with Crippen molar-refractivity contribution < 1.29 is 14.3 Å². The fourth-order valence-electron chi connectivity index (χ4n) is 1.21. The van der Waals surface area contributed by atoms with Gasteiger partial charge in [0.05, 0.1) is 0 Å². The molecule has 1 aliphatic rings. The number of nitriles is 1. The lowest BCUT2D eigenvalue weighted by Gasteiger charge is -2.14. The van der Waals surface area contributed by atoms with E-state index in [2.05, 4.69) is 0 Å². The lowest BCUT2D eigenvalue weighted by molar-refractivity contribution is 0.101. The van der Waals surface area contributed by atoms with Gasteiger partial charge in [0.2, 0.25) is 5.76 Å². The molecule has 1 aromatic rings. The first-order valence-corrected chi connectivity index (χ1v) is 4.30. The Kier molecular flexibility index (Phi) is 2.14. The lowest BCUT2D eigenvalue weighted by Crippen LogP contribution is -2.04. The monoisotopic (exact) mass is 201 g/mol. The van der Waals surface area contributed by atoms with Crippen LogP contribution in [-0.4, -0.2) is 5.78 Å². The van der Waals surface area contributed by atoms with Crippen LogP contribution in [0.25, 0.3) is 0 Å². The van der Waals surface area contributed by atoms with Crippen LogP contribution >= 0.6 is 0 Å². The van der Waals surface area contributed by atoms with Crippen LogP contribution < -0.4 is 9.47 Å². The molecule has 0 saturated heterocycles. The molecule has 74 valence electrons. The summed E-state index contributed by atoms with van der Waals surface area (Å²) in [6.45, 7) is 1.47. The number of ether oxygens (including phenoxy) is 2. The molecule has 0 bridgehead atoms. The van der Waals surface area contributed by atoms with E-state index in [-0.39, 0.29) is 11.5 Å². The number of carbonyl (C=O) groups excluding carboxylic acids is 1. The summed E-state index contributed by atoms with van der Waals surface area (Å²) in [4.78, 5) is 11.1. The third-order valence-electron chi connectivity index (χ3n) is 1.97. The third kappa shape index (κ3) is 1.67. The van der Waals surface area contributed by atoms with Crippen molar-refractivity contribution in [1.82, 2.24) is 0 Å². The number of allylic oxidation sites excluding steroid dienone is 1. The average molecular weight is 201 g/mol. The van der Waals surface area contributed by atoms with E-state index in [1.807, 2.05) is 6.07 Å². The molecule has 0 N–H and O–H groups in total. The lowest BCUT2D eigenvalue weighted by atomic mass is 10.1. The normalized spacial score (nSPS) is 12.7. The Hall–Kier alpha value is -2.28. The fraction of sp³-hybridized carbons (Fsp3) is 0.0909. The Labute approximate surface area is 86.3 Å². The standard InChI is InChI=1S/C11H7NO3/c1-7(13)8-2-3-10-11(4-8)14-6-9(5-12)15-10/h2-4,6H,1H3. The first-order valence-electron chi connectivity index (χ1n) is 4.30. The summed E-state index contributed by atoms with van der Waals surface area (Å²) in [7, 11) is 0. The molecule has 0 unspecified atom stereocenters. The Morgan fingerprint density at radius 2 is 2.20 bits per heavy atom. The first kappa shape index (κ1) is 9.28. The molecular weight excluding hydrogens is 194 g/mol.